The van der Waals surface area contributed by atoms with Gasteiger partial charge in [0.05, 0.1) is 0 Å². The predicted octanol–water partition coefficient (Wildman–Crippen LogP) is -12.6. The molecular formula is Br2Na2O3. The molecule has 0 bridgehead atoms. The average Bonchev–Trinajstić information content (AvgIpc) is 0.811. The van der Waals surface area contributed by atoms with Crippen molar-refractivity contribution in [1.29, 1.82) is 0 Å². The van der Waals surface area contributed by atoms with Gasteiger partial charge in [-0.15, -0.1) is 0 Å². The van der Waals surface area contributed by atoms with Gasteiger partial charge in [-0.25, -0.2) is 0 Å². The molecule has 0 spiro atoms. The molecule has 0 aromatic carbocycles. The minimum absolute atomic E-state index is 0. The van der Waals surface area contributed by atoms with Crippen molar-refractivity contribution >= 4 is 0 Å². The van der Waals surface area contributed by atoms with Gasteiger partial charge in [-0.2, -0.15) is 0 Å². The molecule has 0 atom stereocenters. The van der Waals surface area contributed by atoms with E-state index in [9.17, 15) is 0 Å². The van der Waals surface area contributed by atoms with Gasteiger partial charge in [0.25, 0.3) is 0 Å². The predicted molar refractivity (Wildman–Crippen MR) is 0 cm³/mol. The summed E-state index contributed by atoms with van der Waals surface area (Å²) in [6, 6.07) is 0. The van der Waals surface area contributed by atoms with Crippen LogP contribution in [0.5, 0.6) is 0 Å². The first-order valence-corrected chi connectivity index (χ1v) is 2.41. The first kappa shape index (κ1) is 22.5. The summed E-state index contributed by atoms with van der Waals surface area (Å²) >= 11 is -3.65. The van der Waals surface area contributed by atoms with Crippen molar-refractivity contribution in [3.05, 3.63) is 0 Å². The van der Waals surface area contributed by atoms with Crippen molar-refractivity contribution in [3.8, 4) is 0 Å². The van der Waals surface area contributed by atoms with Crippen LogP contribution in [0.1, 0.15) is 0 Å². The summed E-state index contributed by atoms with van der Waals surface area (Å²) in [5.74, 6) is 0. The zero-order valence-corrected chi connectivity index (χ0v) is 11.2. The summed E-state index contributed by atoms with van der Waals surface area (Å²) in [5, 5.41) is 0. The van der Waals surface area contributed by atoms with Gasteiger partial charge in [0.1, 0.15) is 0 Å². The molecule has 0 heterocycles. The van der Waals surface area contributed by atoms with E-state index < -0.39 is 14.8 Å². The Morgan fingerprint density at radius 1 is 0.857 bits per heavy atom. The van der Waals surface area contributed by atoms with Crippen molar-refractivity contribution in [2.75, 3.05) is 0 Å². The molecular weight excluding hydrogens is 254 g/mol. The molecule has 0 aliphatic heterocycles. The Hall–Kier alpha value is 2.84. The molecule has 0 aromatic rings. The molecule has 0 fully saturated rings. The molecule has 0 aliphatic carbocycles. The quantitative estimate of drug-likeness (QED) is 0.403. The second-order valence-corrected chi connectivity index (χ2v) is 0.982. The Labute approximate surface area is 102 Å². The van der Waals surface area contributed by atoms with E-state index in [1.165, 1.54) is 0 Å². The van der Waals surface area contributed by atoms with Crippen LogP contribution in [-0.2, 0) is 0 Å². The van der Waals surface area contributed by atoms with Crippen LogP contribution in [0, 0.1) is 14.8 Å². The first-order chi connectivity index (χ1) is 1.73. The minimum atomic E-state index is -3.65. The van der Waals surface area contributed by atoms with Crippen LogP contribution in [0.3, 0.4) is 0 Å². The monoisotopic (exact) mass is 252 g/mol. The zero-order chi connectivity index (χ0) is 3.58. The maximum Gasteiger partial charge on any atom is 1.00 e. The third kappa shape index (κ3) is 51.3. The number of halogens is 2. The largest absolute Gasteiger partial charge is 1.00 e. The zero-order valence-electron chi connectivity index (χ0n) is 3.98. The molecule has 7 heavy (non-hydrogen) atoms. The van der Waals surface area contributed by atoms with Gasteiger partial charge in [0, 0.05) is 0 Å². The Balaban J connectivity index is -0.0000000150. The van der Waals surface area contributed by atoms with Gasteiger partial charge in [-0.1, -0.05) is 0 Å². The number of rotatable bonds is 0. The Kier molecular flexibility index (Phi) is 51.3. The maximum atomic E-state index is 8.52. The smallest absolute Gasteiger partial charge is 1.00 e. The normalized spacial score (nSPS) is 5.14. The van der Waals surface area contributed by atoms with E-state index in [4.69, 9.17) is 12.6 Å². The van der Waals surface area contributed by atoms with Crippen molar-refractivity contribution in [1.82, 2.24) is 0 Å². The summed E-state index contributed by atoms with van der Waals surface area (Å²) in [4.78, 5) is 0. The third-order valence-electron chi connectivity index (χ3n) is 0. The van der Waals surface area contributed by atoms with E-state index in [1.54, 1.807) is 0 Å². The number of hydrogen-bond donors (Lipinski definition) is 0. The topological polar surface area (TPSA) is 69.2 Å². The Morgan fingerprint density at radius 2 is 0.857 bits per heavy atom. The Bertz CT molecular complexity index is 15.7. The summed E-state index contributed by atoms with van der Waals surface area (Å²) in [6.45, 7) is 0. The summed E-state index contributed by atoms with van der Waals surface area (Å²) in [5.41, 5.74) is 0. The molecule has 0 aliphatic rings. The van der Waals surface area contributed by atoms with E-state index in [1.807, 2.05) is 0 Å². The molecule has 3 nitrogen and oxygen atoms in total. The van der Waals surface area contributed by atoms with Crippen molar-refractivity contribution < 1.29 is 104 Å². The SMILES string of the molecule is [Br-].[Na+].[Na+].[O-][Br+2]([O-])[O-]. The fourth-order valence-corrected chi connectivity index (χ4v) is 0. The van der Waals surface area contributed by atoms with Crippen LogP contribution in [0.25, 0.3) is 0 Å². The second-order valence-electron chi connectivity index (χ2n) is 0.189. The van der Waals surface area contributed by atoms with E-state index >= 15 is 0 Å². The van der Waals surface area contributed by atoms with Crippen LogP contribution in [0.2, 0.25) is 0 Å². The van der Waals surface area contributed by atoms with E-state index in [0.717, 1.165) is 0 Å². The van der Waals surface area contributed by atoms with Gasteiger partial charge in [-0.3, -0.25) is 0 Å². The summed E-state index contributed by atoms with van der Waals surface area (Å²) in [7, 11) is 0. The van der Waals surface area contributed by atoms with Gasteiger partial charge in [0.2, 0.25) is 14.8 Å². The van der Waals surface area contributed by atoms with Gasteiger partial charge in [0.15, 0.2) is 0 Å². The van der Waals surface area contributed by atoms with Crippen molar-refractivity contribution in [2.45, 2.75) is 0 Å². The van der Waals surface area contributed by atoms with Gasteiger partial charge >= 0.3 is 59.1 Å². The molecule has 0 saturated heterocycles. The molecule has 0 aromatic heterocycles. The molecule has 0 N–H and O–H groups in total. The third-order valence-corrected chi connectivity index (χ3v) is 0. The van der Waals surface area contributed by atoms with E-state index in [2.05, 4.69) is 0 Å². The average molecular weight is 254 g/mol. The van der Waals surface area contributed by atoms with Gasteiger partial charge in [-0.05, 0) is 0 Å². The minimum Gasteiger partial charge on any atom is -1.00 e. The van der Waals surface area contributed by atoms with Crippen LogP contribution < -0.4 is 88.7 Å². The van der Waals surface area contributed by atoms with Crippen molar-refractivity contribution in [3.63, 3.8) is 0 Å². The van der Waals surface area contributed by atoms with E-state index in [0.29, 0.717) is 0 Å². The molecule has 7 heteroatoms. The molecule has 0 saturated carbocycles. The summed E-state index contributed by atoms with van der Waals surface area (Å²) in [6.07, 6.45) is 0. The first-order valence-electron chi connectivity index (χ1n) is 0.463. The van der Waals surface area contributed by atoms with Crippen LogP contribution in [0.15, 0.2) is 0 Å². The molecule has 0 amide bonds. The molecule has 0 unspecified atom stereocenters. The standard InChI is InChI=1S/BrO3.BrH.2Na/c2-1(3)4;;;/h;1H;;/q-1;;2*+1/p-1. The molecule has 0 radical (unpaired) electrons. The van der Waals surface area contributed by atoms with Crippen molar-refractivity contribution in [2.24, 2.45) is 0 Å². The maximum absolute atomic E-state index is 8.52. The van der Waals surface area contributed by atoms with E-state index in [-0.39, 0.29) is 76.1 Å². The fraction of sp³-hybridized carbons (Fsp3) is 0. The molecule has 34 valence electrons. The summed E-state index contributed by atoms with van der Waals surface area (Å²) < 4.78 is 25.6. The van der Waals surface area contributed by atoms with Crippen LogP contribution in [0.4, 0.5) is 0 Å². The van der Waals surface area contributed by atoms with Crippen LogP contribution >= 0.6 is 0 Å². The fourth-order valence-electron chi connectivity index (χ4n) is 0. The Morgan fingerprint density at radius 3 is 0.857 bits per heavy atom. The molecule has 0 rings (SSSR count). The van der Waals surface area contributed by atoms with Crippen LogP contribution in [-0.4, -0.2) is 0 Å². The second kappa shape index (κ2) is 15.9. The number of hydrogen-bond acceptors (Lipinski definition) is 3. The van der Waals surface area contributed by atoms with Gasteiger partial charge < -0.3 is 29.6 Å².